The van der Waals surface area contributed by atoms with Crippen LogP contribution in [0, 0.1) is 35.3 Å². The number of likely N-dealkylation sites (tertiary alicyclic amines) is 2. The molecule has 12 nitrogen and oxygen atoms in total. The fourth-order valence-electron chi connectivity index (χ4n) is 7.54. The summed E-state index contributed by atoms with van der Waals surface area (Å²) in [6.45, 7) is 18.5. The average molecular weight is 834 g/mol. The van der Waals surface area contributed by atoms with Gasteiger partial charge in [-0.1, -0.05) is 11.6 Å². The Kier molecular flexibility index (Phi) is 16.8. The van der Waals surface area contributed by atoms with E-state index < -0.39 is 17.2 Å². The van der Waals surface area contributed by atoms with Gasteiger partial charge >= 0.3 is 12.2 Å². The lowest BCUT2D eigenvalue weighted by atomic mass is 9.79. The highest BCUT2D eigenvalue weighted by Gasteiger charge is 2.34. The minimum atomic E-state index is -0.666. The molecule has 0 atom stereocenters. The first kappa shape index (κ1) is 44.9. The van der Waals surface area contributed by atoms with Crippen molar-refractivity contribution in [1.29, 1.82) is 0 Å². The van der Waals surface area contributed by atoms with Crippen LogP contribution in [0.1, 0.15) is 92.9 Å². The monoisotopic (exact) mass is 832 g/mol. The molecule has 4 aliphatic rings. The van der Waals surface area contributed by atoms with Crippen molar-refractivity contribution in [3.63, 3.8) is 0 Å². The van der Waals surface area contributed by atoms with E-state index in [1.54, 1.807) is 0 Å². The van der Waals surface area contributed by atoms with Crippen molar-refractivity contribution in [1.82, 2.24) is 35.1 Å². The van der Waals surface area contributed by atoms with Crippen LogP contribution < -0.4 is 10.2 Å². The summed E-state index contributed by atoms with van der Waals surface area (Å²) in [5.74, 6) is 2.08. The minimum absolute atomic E-state index is 0.0543. The van der Waals surface area contributed by atoms with Gasteiger partial charge in [-0.2, -0.15) is 4.98 Å². The molecule has 0 unspecified atom stereocenters. The van der Waals surface area contributed by atoms with Crippen molar-refractivity contribution in [3.05, 3.63) is 39.7 Å². The SMILES string of the molecule is CC(C)(C)OC(=O)N1CCC(C2CCN(c3nc(Cl)ncc3F)CC2)CC1.CC(C)(C)OC(=O)N1CCC(C2CCNCC2)CC1.Fc1cnc(Cl)nc1Cl. The van der Waals surface area contributed by atoms with Crippen molar-refractivity contribution in [3.8, 4) is 0 Å². The van der Waals surface area contributed by atoms with Gasteiger partial charge in [0.15, 0.2) is 22.6 Å². The third kappa shape index (κ3) is 14.9. The molecule has 0 aromatic carbocycles. The summed E-state index contributed by atoms with van der Waals surface area (Å²) >= 11 is 16.3. The standard InChI is InChI=1S/C19H28ClFN4O2.C15H28N2O2.C4HCl2FN2/c1-19(2,3)27-18(26)25-10-6-14(7-11-25)13-4-8-24(9-5-13)16-15(21)12-22-17(20)23-16;1-15(2,3)19-14(18)17-10-6-13(7-11-17)12-4-8-16-9-5-12;5-3-2(7)1-8-4(6)9-3/h12-14H,4-11H2,1-3H3;12-13,16H,4-11H2,1-3H3;1H. The predicted molar refractivity (Wildman–Crippen MR) is 211 cm³/mol. The highest BCUT2D eigenvalue weighted by Crippen LogP contribution is 2.35. The number of hydrogen-bond donors (Lipinski definition) is 1. The van der Waals surface area contributed by atoms with Gasteiger partial charge in [0, 0.05) is 39.3 Å². The molecule has 2 amide bonds. The molecule has 4 fully saturated rings. The van der Waals surface area contributed by atoms with Gasteiger partial charge in [-0.3, -0.25) is 0 Å². The number of halogens is 5. The predicted octanol–water partition coefficient (Wildman–Crippen LogP) is 8.69. The van der Waals surface area contributed by atoms with Crippen LogP contribution in [0.25, 0.3) is 0 Å². The molecular formula is C38H57Cl3F2N8O4. The van der Waals surface area contributed by atoms with Crippen molar-refractivity contribution in [2.45, 2.75) is 104 Å². The molecule has 2 aromatic heterocycles. The Bertz CT molecular complexity index is 1540. The molecule has 0 bridgehead atoms. The number of carbonyl (C=O) groups excluding carboxylic acids is 2. The van der Waals surface area contributed by atoms with Crippen LogP contribution in [0.15, 0.2) is 12.4 Å². The molecular weight excluding hydrogens is 777 g/mol. The molecule has 55 heavy (non-hydrogen) atoms. The van der Waals surface area contributed by atoms with Gasteiger partial charge in [0.25, 0.3) is 0 Å². The Morgan fingerprint density at radius 3 is 1.42 bits per heavy atom. The van der Waals surface area contributed by atoms with Gasteiger partial charge in [0.1, 0.15) is 11.2 Å². The average Bonchev–Trinajstić information content (AvgIpc) is 3.14. The largest absolute Gasteiger partial charge is 0.444 e. The molecule has 17 heteroatoms. The van der Waals surface area contributed by atoms with Gasteiger partial charge in [-0.15, -0.1) is 0 Å². The van der Waals surface area contributed by atoms with Crippen LogP contribution in [0.4, 0.5) is 24.2 Å². The molecule has 0 radical (unpaired) electrons. The van der Waals surface area contributed by atoms with E-state index in [9.17, 15) is 18.4 Å². The maximum absolute atomic E-state index is 14.0. The maximum Gasteiger partial charge on any atom is 0.410 e. The third-order valence-corrected chi connectivity index (χ3v) is 10.9. The molecule has 1 N–H and O–H groups in total. The molecule has 6 rings (SSSR count). The van der Waals surface area contributed by atoms with Crippen molar-refractivity contribution < 1.29 is 27.8 Å². The van der Waals surface area contributed by atoms with E-state index in [0.717, 1.165) is 115 Å². The second-order valence-electron chi connectivity index (χ2n) is 16.6. The molecule has 2 aromatic rings. The second kappa shape index (κ2) is 20.6. The zero-order chi connectivity index (χ0) is 40.3. The summed E-state index contributed by atoms with van der Waals surface area (Å²) in [4.78, 5) is 44.2. The van der Waals surface area contributed by atoms with Gasteiger partial charge in [0.2, 0.25) is 10.6 Å². The van der Waals surface area contributed by atoms with Gasteiger partial charge in [-0.25, -0.2) is 33.3 Å². The highest BCUT2D eigenvalue weighted by molar-refractivity contribution is 6.31. The Morgan fingerprint density at radius 2 is 1.02 bits per heavy atom. The lowest BCUT2D eigenvalue weighted by Gasteiger charge is -2.40. The van der Waals surface area contributed by atoms with Gasteiger partial charge in [-0.05, 0) is 153 Å². The lowest BCUT2D eigenvalue weighted by Crippen LogP contribution is -2.44. The summed E-state index contributed by atoms with van der Waals surface area (Å²) in [7, 11) is 0. The van der Waals surface area contributed by atoms with Crippen LogP contribution >= 0.6 is 34.8 Å². The van der Waals surface area contributed by atoms with E-state index in [4.69, 9.17) is 44.3 Å². The summed E-state index contributed by atoms with van der Waals surface area (Å²) in [5, 5.41) is 3.19. The topological polar surface area (TPSA) is 126 Å². The number of aromatic nitrogens is 4. The van der Waals surface area contributed by atoms with E-state index in [0.29, 0.717) is 17.7 Å². The van der Waals surface area contributed by atoms with Crippen molar-refractivity contribution >= 4 is 52.8 Å². The number of piperidine rings is 4. The number of rotatable bonds is 3. The Labute approximate surface area is 339 Å². The third-order valence-electron chi connectivity index (χ3n) is 10.3. The maximum atomic E-state index is 14.0. The van der Waals surface area contributed by atoms with Crippen molar-refractivity contribution in [2.24, 2.45) is 23.7 Å². The summed E-state index contributed by atoms with van der Waals surface area (Å²) in [6, 6.07) is 0. The van der Waals surface area contributed by atoms with Crippen LogP contribution in [-0.4, -0.2) is 105 Å². The zero-order valence-electron chi connectivity index (χ0n) is 32.9. The number of nitrogens with one attached hydrogen (secondary N) is 1. The molecule has 0 aliphatic carbocycles. The number of amides is 2. The molecule has 6 heterocycles. The van der Waals surface area contributed by atoms with E-state index in [1.165, 1.54) is 12.8 Å². The second-order valence-corrected chi connectivity index (χ2v) is 17.6. The van der Waals surface area contributed by atoms with E-state index in [1.807, 2.05) is 56.2 Å². The zero-order valence-corrected chi connectivity index (χ0v) is 35.2. The number of nitrogens with zero attached hydrogens (tertiary/aromatic N) is 7. The quantitative estimate of drug-likeness (QED) is 0.237. The first-order valence-corrected chi connectivity index (χ1v) is 20.4. The number of carbonyl (C=O) groups is 2. The normalized spacial score (nSPS) is 19.5. The Morgan fingerprint density at radius 1 is 0.636 bits per heavy atom. The van der Waals surface area contributed by atoms with E-state index in [-0.39, 0.29) is 33.5 Å². The fraction of sp³-hybridized carbons (Fsp3) is 0.737. The Balaban J connectivity index is 0.000000207. The van der Waals surface area contributed by atoms with Crippen LogP contribution in [-0.2, 0) is 9.47 Å². The minimum Gasteiger partial charge on any atom is -0.444 e. The fourth-order valence-corrected chi connectivity index (χ4v) is 7.98. The summed E-state index contributed by atoms with van der Waals surface area (Å²) in [6.07, 6.45) is 10.6. The first-order chi connectivity index (χ1) is 25.9. The molecule has 4 saturated heterocycles. The number of ether oxygens (including phenoxy) is 2. The van der Waals surface area contributed by atoms with Gasteiger partial charge in [0.05, 0.1) is 12.4 Å². The molecule has 0 saturated carbocycles. The molecule has 0 spiro atoms. The number of hydrogen-bond acceptors (Lipinski definition) is 10. The van der Waals surface area contributed by atoms with Crippen LogP contribution in [0.3, 0.4) is 0 Å². The van der Waals surface area contributed by atoms with E-state index in [2.05, 4.69) is 25.3 Å². The number of anilines is 1. The summed E-state index contributed by atoms with van der Waals surface area (Å²) < 4.78 is 37.0. The first-order valence-electron chi connectivity index (χ1n) is 19.3. The Hall–Kier alpha value is -2.81. The van der Waals surface area contributed by atoms with Crippen LogP contribution in [0.5, 0.6) is 0 Å². The van der Waals surface area contributed by atoms with E-state index >= 15 is 0 Å². The molecule has 308 valence electrons. The summed E-state index contributed by atoms with van der Waals surface area (Å²) in [5.41, 5.74) is -0.844. The smallest absolute Gasteiger partial charge is 0.410 e. The highest BCUT2D eigenvalue weighted by atomic mass is 35.5. The van der Waals surface area contributed by atoms with Crippen LogP contribution in [0.2, 0.25) is 15.7 Å². The lowest BCUT2D eigenvalue weighted by molar-refractivity contribution is 0.0142. The molecule has 4 aliphatic heterocycles. The van der Waals surface area contributed by atoms with Gasteiger partial charge < -0.3 is 29.5 Å². The van der Waals surface area contributed by atoms with Crippen molar-refractivity contribution in [2.75, 3.05) is 57.3 Å².